The number of nitrogens with one attached hydrogen (secondary N) is 3. The Morgan fingerprint density at radius 3 is 1.89 bits per heavy atom. The highest BCUT2D eigenvalue weighted by atomic mass is 16.2. The Labute approximate surface area is 165 Å². The summed E-state index contributed by atoms with van der Waals surface area (Å²) in [6.45, 7) is 6.53. The van der Waals surface area contributed by atoms with Crippen LogP contribution in [0.5, 0.6) is 0 Å². The lowest BCUT2D eigenvalue weighted by molar-refractivity contribution is -0.140. The number of rotatable bonds is 5. The second-order valence-corrected chi connectivity index (χ2v) is 7.26. The van der Waals surface area contributed by atoms with E-state index in [-0.39, 0.29) is 17.7 Å². The van der Waals surface area contributed by atoms with Crippen LogP contribution in [0.1, 0.15) is 40.0 Å². The van der Waals surface area contributed by atoms with Crippen molar-refractivity contribution in [2.75, 3.05) is 23.7 Å². The molecule has 1 aliphatic heterocycles. The molecule has 1 aromatic rings. The Morgan fingerprint density at radius 2 is 1.36 bits per heavy atom. The molecule has 0 spiro atoms. The van der Waals surface area contributed by atoms with Gasteiger partial charge in [0.25, 0.3) is 0 Å². The summed E-state index contributed by atoms with van der Waals surface area (Å²) in [5.74, 6) is -2.14. The van der Waals surface area contributed by atoms with Crippen LogP contribution in [0.15, 0.2) is 24.3 Å². The molecular weight excluding hydrogens is 360 g/mol. The minimum Gasteiger partial charge on any atom is -0.341 e. The van der Waals surface area contributed by atoms with E-state index in [1.54, 1.807) is 49.9 Å². The van der Waals surface area contributed by atoms with Gasteiger partial charge in [0.1, 0.15) is 6.04 Å². The Bertz CT molecular complexity index is 724. The zero-order valence-corrected chi connectivity index (χ0v) is 16.6. The van der Waals surface area contributed by atoms with Gasteiger partial charge in [-0.1, -0.05) is 13.8 Å². The Balaban J connectivity index is 1.85. The molecule has 0 unspecified atom stereocenters. The number of carbonyl (C=O) groups is 4. The van der Waals surface area contributed by atoms with Crippen molar-refractivity contribution in [1.82, 2.24) is 10.2 Å². The van der Waals surface area contributed by atoms with Gasteiger partial charge < -0.3 is 20.9 Å². The number of amides is 4. The third-order valence-electron chi connectivity index (χ3n) is 4.53. The lowest BCUT2D eigenvalue weighted by atomic mass is 10.1. The average Bonchev–Trinajstić information content (AvgIpc) is 2.69. The monoisotopic (exact) mass is 388 g/mol. The number of anilines is 2. The predicted molar refractivity (Wildman–Crippen MR) is 107 cm³/mol. The highest BCUT2D eigenvalue weighted by Gasteiger charge is 2.25. The molecular formula is C20H28N4O4. The van der Waals surface area contributed by atoms with Crippen molar-refractivity contribution >= 4 is 35.0 Å². The molecule has 28 heavy (non-hydrogen) atoms. The molecule has 1 atom stereocenters. The van der Waals surface area contributed by atoms with Crippen LogP contribution in [0, 0.1) is 5.92 Å². The molecule has 8 heteroatoms. The number of hydrogen-bond donors (Lipinski definition) is 3. The maximum absolute atomic E-state index is 12.3. The molecule has 0 aliphatic carbocycles. The van der Waals surface area contributed by atoms with Crippen LogP contribution < -0.4 is 16.0 Å². The lowest BCUT2D eigenvalue weighted by Gasteiger charge is -2.29. The first-order chi connectivity index (χ1) is 13.3. The highest BCUT2D eigenvalue weighted by Crippen LogP contribution is 2.14. The van der Waals surface area contributed by atoms with Gasteiger partial charge in [-0.2, -0.15) is 0 Å². The van der Waals surface area contributed by atoms with E-state index in [1.165, 1.54) is 0 Å². The molecule has 1 fully saturated rings. The number of nitrogens with zero attached hydrogens (tertiary/aromatic N) is 1. The second-order valence-electron chi connectivity index (χ2n) is 7.26. The van der Waals surface area contributed by atoms with E-state index in [1.807, 2.05) is 0 Å². The van der Waals surface area contributed by atoms with Gasteiger partial charge in [-0.25, -0.2) is 0 Å². The van der Waals surface area contributed by atoms with Crippen LogP contribution in [0.25, 0.3) is 0 Å². The first-order valence-corrected chi connectivity index (χ1v) is 9.59. The average molecular weight is 388 g/mol. The lowest BCUT2D eigenvalue weighted by Crippen LogP contribution is -2.50. The quantitative estimate of drug-likeness (QED) is 0.668. The topological polar surface area (TPSA) is 108 Å². The molecule has 152 valence electrons. The highest BCUT2D eigenvalue weighted by molar-refractivity contribution is 6.40. The Kier molecular flexibility index (Phi) is 7.54. The number of piperidine rings is 1. The smallest absolute Gasteiger partial charge is 0.313 e. The largest absolute Gasteiger partial charge is 0.341 e. The van der Waals surface area contributed by atoms with E-state index in [9.17, 15) is 19.2 Å². The van der Waals surface area contributed by atoms with Crippen molar-refractivity contribution in [2.24, 2.45) is 5.92 Å². The van der Waals surface area contributed by atoms with Crippen molar-refractivity contribution in [3.05, 3.63) is 24.3 Å². The first-order valence-electron chi connectivity index (χ1n) is 9.59. The van der Waals surface area contributed by atoms with Crippen LogP contribution in [0.4, 0.5) is 11.4 Å². The molecule has 2 rings (SSSR count). The van der Waals surface area contributed by atoms with E-state index in [0.29, 0.717) is 24.5 Å². The fourth-order valence-corrected chi connectivity index (χ4v) is 2.82. The number of hydrogen-bond acceptors (Lipinski definition) is 4. The fraction of sp³-hybridized carbons (Fsp3) is 0.500. The van der Waals surface area contributed by atoms with Gasteiger partial charge in [-0.05, 0) is 50.5 Å². The minimum atomic E-state index is -0.866. The van der Waals surface area contributed by atoms with Crippen LogP contribution in [-0.2, 0) is 19.2 Å². The van der Waals surface area contributed by atoms with E-state index in [0.717, 1.165) is 19.3 Å². The standard InChI is InChI=1S/C20H28N4O4/c1-13(2)17(25)22-15-7-9-16(10-8-15)23-19(27)18(26)21-14(3)20(28)24-11-5-4-6-12-24/h7-10,13-14H,4-6,11-12H2,1-3H3,(H,21,26)(H,22,25)(H,23,27)/t14-/m0/s1. The summed E-state index contributed by atoms with van der Waals surface area (Å²) in [6, 6.07) is 5.68. The molecule has 0 saturated carbocycles. The Morgan fingerprint density at radius 1 is 0.821 bits per heavy atom. The van der Waals surface area contributed by atoms with Crippen LogP contribution in [-0.4, -0.2) is 47.7 Å². The summed E-state index contributed by atoms with van der Waals surface area (Å²) in [6.07, 6.45) is 3.02. The summed E-state index contributed by atoms with van der Waals surface area (Å²) >= 11 is 0. The van der Waals surface area contributed by atoms with Gasteiger partial charge in [0.2, 0.25) is 11.8 Å². The maximum Gasteiger partial charge on any atom is 0.313 e. The molecule has 1 aliphatic rings. The molecule has 3 N–H and O–H groups in total. The van der Waals surface area contributed by atoms with Gasteiger partial charge >= 0.3 is 11.8 Å². The Hall–Kier alpha value is -2.90. The summed E-state index contributed by atoms with van der Waals surface area (Å²) < 4.78 is 0. The van der Waals surface area contributed by atoms with Gasteiger partial charge in [0, 0.05) is 30.4 Å². The predicted octanol–water partition coefficient (Wildman–Crippen LogP) is 1.74. The molecule has 4 amide bonds. The van der Waals surface area contributed by atoms with Crippen molar-refractivity contribution in [2.45, 2.75) is 46.1 Å². The second kappa shape index (κ2) is 9.87. The van der Waals surface area contributed by atoms with Crippen LogP contribution in [0.2, 0.25) is 0 Å². The van der Waals surface area contributed by atoms with E-state index >= 15 is 0 Å². The molecule has 0 radical (unpaired) electrons. The summed E-state index contributed by atoms with van der Waals surface area (Å²) in [5.41, 5.74) is 1.01. The van der Waals surface area contributed by atoms with Crippen molar-refractivity contribution < 1.29 is 19.2 Å². The van der Waals surface area contributed by atoms with Gasteiger partial charge in [0.05, 0.1) is 0 Å². The van der Waals surface area contributed by atoms with E-state index < -0.39 is 17.9 Å². The SMILES string of the molecule is CC(C)C(=O)Nc1ccc(NC(=O)C(=O)N[C@@H](C)C(=O)N2CCCCC2)cc1. The third kappa shape index (κ3) is 6.07. The van der Waals surface area contributed by atoms with Gasteiger partial charge in [-0.15, -0.1) is 0 Å². The zero-order valence-electron chi connectivity index (χ0n) is 16.6. The number of carbonyl (C=O) groups excluding carboxylic acids is 4. The molecule has 8 nitrogen and oxygen atoms in total. The van der Waals surface area contributed by atoms with Gasteiger partial charge in [0.15, 0.2) is 0 Å². The van der Waals surface area contributed by atoms with Gasteiger partial charge in [-0.3, -0.25) is 19.2 Å². The van der Waals surface area contributed by atoms with E-state index in [2.05, 4.69) is 16.0 Å². The molecule has 1 aromatic carbocycles. The summed E-state index contributed by atoms with van der Waals surface area (Å²) in [5, 5.41) is 7.67. The summed E-state index contributed by atoms with van der Waals surface area (Å²) in [7, 11) is 0. The van der Waals surface area contributed by atoms with Crippen LogP contribution >= 0.6 is 0 Å². The first kappa shape index (κ1) is 21.4. The number of likely N-dealkylation sites (tertiary alicyclic amines) is 1. The normalized spacial score (nSPS) is 14.9. The molecule has 0 bridgehead atoms. The van der Waals surface area contributed by atoms with E-state index in [4.69, 9.17) is 0 Å². The fourth-order valence-electron chi connectivity index (χ4n) is 2.82. The molecule has 0 aromatic heterocycles. The van der Waals surface area contributed by atoms with Crippen molar-refractivity contribution in [3.63, 3.8) is 0 Å². The van der Waals surface area contributed by atoms with Crippen LogP contribution in [0.3, 0.4) is 0 Å². The molecule has 1 saturated heterocycles. The third-order valence-corrected chi connectivity index (χ3v) is 4.53. The van der Waals surface area contributed by atoms with Crippen molar-refractivity contribution in [1.29, 1.82) is 0 Å². The van der Waals surface area contributed by atoms with Crippen molar-refractivity contribution in [3.8, 4) is 0 Å². The maximum atomic E-state index is 12.3. The minimum absolute atomic E-state index is 0.108. The number of benzene rings is 1. The zero-order chi connectivity index (χ0) is 20.7. The molecule has 1 heterocycles. The summed E-state index contributed by atoms with van der Waals surface area (Å²) in [4.78, 5) is 49.9.